The first-order valence-corrected chi connectivity index (χ1v) is 12.1. The lowest BCUT2D eigenvalue weighted by molar-refractivity contribution is 0.122. The third kappa shape index (κ3) is 5.32. The highest BCUT2D eigenvalue weighted by atomic mass is 16.5. The van der Waals surface area contributed by atoms with Crippen molar-refractivity contribution >= 4 is 5.95 Å². The van der Waals surface area contributed by atoms with Crippen molar-refractivity contribution in [3.8, 4) is 28.9 Å². The number of anilines is 1. The van der Waals surface area contributed by atoms with Gasteiger partial charge in [-0.05, 0) is 29.8 Å². The van der Waals surface area contributed by atoms with Gasteiger partial charge in [0.2, 0.25) is 11.8 Å². The normalized spacial score (nSPS) is 15.8. The van der Waals surface area contributed by atoms with E-state index in [0.717, 1.165) is 60.9 Å². The van der Waals surface area contributed by atoms with Crippen molar-refractivity contribution in [3.63, 3.8) is 0 Å². The fraction of sp³-hybridized carbons (Fsp3) is 0.407. The Labute approximate surface area is 211 Å². The molecule has 1 fully saturated rings. The number of benzene rings is 2. The molecule has 0 spiro atoms. The first-order chi connectivity index (χ1) is 17.7. The Hall–Kier alpha value is -3.56. The molecule has 1 aromatic heterocycles. The molecule has 0 radical (unpaired) electrons. The summed E-state index contributed by atoms with van der Waals surface area (Å²) in [6.07, 6.45) is 0.804. The second-order valence-corrected chi connectivity index (χ2v) is 8.79. The number of methoxy groups -OCH3 is 3. The maximum atomic E-state index is 6.40. The SMILES string of the molecule is COc1cc(CN2CCc3nc(N4CCOCC4)nc(Oc4ccccc4OC)c3C2)cc(OC)c1. The van der Waals surface area contributed by atoms with Crippen molar-refractivity contribution in [2.45, 2.75) is 19.5 Å². The van der Waals surface area contributed by atoms with Gasteiger partial charge in [0, 0.05) is 45.2 Å². The third-order valence-corrected chi connectivity index (χ3v) is 6.48. The van der Waals surface area contributed by atoms with Crippen LogP contribution in [-0.4, -0.2) is 69.0 Å². The van der Waals surface area contributed by atoms with E-state index in [1.807, 2.05) is 42.5 Å². The van der Waals surface area contributed by atoms with Crippen LogP contribution in [0.2, 0.25) is 0 Å². The van der Waals surface area contributed by atoms with Gasteiger partial charge in [0.1, 0.15) is 11.5 Å². The van der Waals surface area contributed by atoms with Crippen LogP contribution in [0.5, 0.6) is 28.9 Å². The maximum absolute atomic E-state index is 6.40. The monoisotopic (exact) mass is 492 g/mol. The average molecular weight is 493 g/mol. The molecule has 2 aromatic carbocycles. The summed E-state index contributed by atoms with van der Waals surface area (Å²) in [5, 5.41) is 0. The highest BCUT2D eigenvalue weighted by Crippen LogP contribution is 2.36. The standard InChI is InChI=1S/C27H32N4O5/c1-32-20-14-19(15-21(16-20)33-2)17-30-9-8-23-22(18-30)26(36-25-7-5-4-6-24(25)34-3)29-27(28-23)31-10-12-35-13-11-31/h4-7,14-16H,8-13,17-18H2,1-3H3. The molecule has 36 heavy (non-hydrogen) atoms. The number of aromatic nitrogens is 2. The molecule has 3 aromatic rings. The lowest BCUT2D eigenvalue weighted by Gasteiger charge is -2.32. The van der Waals surface area contributed by atoms with E-state index in [4.69, 9.17) is 33.7 Å². The second-order valence-electron chi connectivity index (χ2n) is 8.79. The number of hydrogen-bond acceptors (Lipinski definition) is 9. The minimum atomic E-state index is 0.568. The van der Waals surface area contributed by atoms with E-state index in [-0.39, 0.29) is 0 Å². The molecule has 9 nitrogen and oxygen atoms in total. The zero-order valence-electron chi connectivity index (χ0n) is 21.0. The molecule has 190 valence electrons. The van der Waals surface area contributed by atoms with Crippen LogP contribution in [0.15, 0.2) is 42.5 Å². The highest BCUT2D eigenvalue weighted by molar-refractivity contribution is 5.47. The van der Waals surface area contributed by atoms with E-state index >= 15 is 0 Å². The Morgan fingerprint density at radius 2 is 1.58 bits per heavy atom. The van der Waals surface area contributed by atoms with Gasteiger partial charge in [0.25, 0.3) is 0 Å². The highest BCUT2D eigenvalue weighted by Gasteiger charge is 2.27. The maximum Gasteiger partial charge on any atom is 0.229 e. The molecule has 3 heterocycles. The molecule has 0 saturated carbocycles. The summed E-state index contributed by atoms with van der Waals surface area (Å²) in [4.78, 5) is 14.4. The van der Waals surface area contributed by atoms with Crippen LogP contribution in [0.25, 0.3) is 0 Å². The Morgan fingerprint density at radius 3 is 2.28 bits per heavy atom. The fourth-order valence-corrected chi connectivity index (χ4v) is 4.57. The first kappa shape index (κ1) is 24.1. The van der Waals surface area contributed by atoms with Gasteiger partial charge in [0.15, 0.2) is 11.5 Å². The largest absolute Gasteiger partial charge is 0.497 e. The number of nitrogens with zero attached hydrogens (tertiary/aromatic N) is 4. The van der Waals surface area contributed by atoms with Crippen molar-refractivity contribution in [2.75, 3.05) is 59.1 Å². The Balaban J connectivity index is 1.46. The fourth-order valence-electron chi connectivity index (χ4n) is 4.57. The van der Waals surface area contributed by atoms with Crippen LogP contribution >= 0.6 is 0 Å². The van der Waals surface area contributed by atoms with Crippen LogP contribution < -0.4 is 23.8 Å². The van der Waals surface area contributed by atoms with E-state index in [9.17, 15) is 0 Å². The minimum Gasteiger partial charge on any atom is -0.497 e. The summed E-state index contributed by atoms with van der Waals surface area (Å²) < 4.78 is 28.4. The van der Waals surface area contributed by atoms with E-state index in [0.29, 0.717) is 43.1 Å². The molecule has 0 aliphatic carbocycles. The quantitative estimate of drug-likeness (QED) is 0.468. The van der Waals surface area contributed by atoms with Gasteiger partial charge < -0.3 is 28.6 Å². The molecular weight excluding hydrogens is 460 g/mol. The van der Waals surface area contributed by atoms with Crippen molar-refractivity contribution in [1.29, 1.82) is 0 Å². The minimum absolute atomic E-state index is 0.568. The van der Waals surface area contributed by atoms with E-state index < -0.39 is 0 Å². The number of fused-ring (bicyclic) bond motifs is 1. The average Bonchev–Trinajstić information content (AvgIpc) is 2.93. The molecule has 0 amide bonds. The number of morpholine rings is 1. The Kier molecular flexibility index (Phi) is 7.39. The summed E-state index contributed by atoms with van der Waals surface area (Å²) in [7, 11) is 4.97. The molecule has 0 N–H and O–H groups in total. The first-order valence-electron chi connectivity index (χ1n) is 12.1. The number of hydrogen-bond donors (Lipinski definition) is 0. The van der Waals surface area contributed by atoms with Gasteiger partial charge in [-0.1, -0.05) is 12.1 Å². The number of rotatable bonds is 8. The smallest absolute Gasteiger partial charge is 0.229 e. The van der Waals surface area contributed by atoms with Crippen molar-refractivity contribution in [1.82, 2.24) is 14.9 Å². The summed E-state index contributed by atoms with van der Waals surface area (Å²) in [6, 6.07) is 13.6. The lowest BCUT2D eigenvalue weighted by Crippen LogP contribution is -2.38. The Morgan fingerprint density at radius 1 is 0.861 bits per heavy atom. The van der Waals surface area contributed by atoms with E-state index in [2.05, 4.69) is 9.80 Å². The summed E-state index contributed by atoms with van der Waals surface area (Å²) >= 11 is 0. The predicted octanol–water partition coefficient (Wildman–Crippen LogP) is 3.69. The molecule has 5 rings (SSSR count). The van der Waals surface area contributed by atoms with Gasteiger partial charge in [-0.3, -0.25) is 4.90 Å². The zero-order valence-corrected chi connectivity index (χ0v) is 21.0. The third-order valence-electron chi connectivity index (χ3n) is 6.48. The zero-order chi connectivity index (χ0) is 24.9. The van der Waals surface area contributed by atoms with Crippen LogP contribution in [-0.2, 0) is 24.2 Å². The molecule has 2 aliphatic rings. The van der Waals surface area contributed by atoms with Gasteiger partial charge in [0.05, 0.1) is 45.8 Å². The molecule has 0 atom stereocenters. The van der Waals surface area contributed by atoms with Gasteiger partial charge in [-0.25, -0.2) is 4.98 Å². The van der Waals surface area contributed by atoms with E-state index in [1.165, 1.54) is 0 Å². The van der Waals surface area contributed by atoms with Gasteiger partial charge in [-0.15, -0.1) is 0 Å². The Bertz CT molecular complexity index is 1180. The lowest BCUT2D eigenvalue weighted by atomic mass is 10.1. The molecule has 9 heteroatoms. The van der Waals surface area contributed by atoms with Crippen molar-refractivity contribution in [2.24, 2.45) is 0 Å². The van der Waals surface area contributed by atoms with Gasteiger partial charge in [-0.2, -0.15) is 4.98 Å². The summed E-state index contributed by atoms with van der Waals surface area (Å²) in [5.74, 6) is 4.10. The summed E-state index contributed by atoms with van der Waals surface area (Å²) in [6.45, 7) is 5.14. The second kappa shape index (κ2) is 11.0. The van der Waals surface area contributed by atoms with Crippen LogP contribution in [0, 0.1) is 0 Å². The van der Waals surface area contributed by atoms with Crippen LogP contribution in [0.1, 0.15) is 16.8 Å². The molecular formula is C27H32N4O5. The summed E-state index contributed by atoms with van der Waals surface area (Å²) in [5.41, 5.74) is 3.14. The van der Waals surface area contributed by atoms with Crippen molar-refractivity contribution < 1.29 is 23.7 Å². The van der Waals surface area contributed by atoms with Crippen LogP contribution in [0.4, 0.5) is 5.95 Å². The van der Waals surface area contributed by atoms with Crippen molar-refractivity contribution in [3.05, 3.63) is 59.3 Å². The number of para-hydroxylation sites is 2. The van der Waals surface area contributed by atoms with Crippen LogP contribution in [0.3, 0.4) is 0 Å². The topological polar surface area (TPSA) is 78.4 Å². The number of ether oxygens (including phenoxy) is 5. The molecule has 0 bridgehead atoms. The molecule has 2 aliphatic heterocycles. The molecule has 0 unspecified atom stereocenters. The van der Waals surface area contributed by atoms with E-state index in [1.54, 1.807) is 21.3 Å². The van der Waals surface area contributed by atoms with Gasteiger partial charge >= 0.3 is 0 Å². The predicted molar refractivity (Wildman–Crippen MR) is 135 cm³/mol. The molecule has 1 saturated heterocycles.